The van der Waals surface area contributed by atoms with Crippen LogP contribution in [0.25, 0.3) is 22.6 Å². The van der Waals surface area contributed by atoms with Crippen LogP contribution in [0.4, 0.5) is 16.0 Å². The first kappa shape index (κ1) is 15.6. The Morgan fingerprint density at radius 1 is 1.31 bits per heavy atom. The van der Waals surface area contributed by atoms with Crippen molar-refractivity contribution in [2.24, 2.45) is 0 Å². The van der Waals surface area contributed by atoms with Crippen molar-refractivity contribution in [1.82, 2.24) is 25.0 Å². The smallest absolute Gasteiger partial charge is 0.305 e. The summed E-state index contributed by atoms with van der Waals surface area (Å²) in [5.74, 6) is -0.458. The van der Waals surface area contributed by atoms with Gasteiger partial charge in [-0.15, -0.1) is 5.10 Å². The van der Waals surface area contributed by atoms with E-state index in [0.717, 1.165) is 12.1 Å². The molecule has 0 spiro atoms. The summed E-state index contributed by atoms with van der Waals surface area (Å²) in [7, 11) is 0. The molecule has 3 heterocycles. The highest BCUT2D eigenvalue weighted by Gasteiger charge is 2.19. The predicted molar refractivity (Wildman–Crippen MR) is 87.4 cm³/mol. The Bertz CT molecular complexity index is 1120. The van der Waals surface area contributed by atoms with Gasteiger partial charge in [0, 0.05) is 6.07 Å². The second-order valence-electron chi connectivity index (χ2n) is 5.37. The molecular formula is C15H10FN7O3. The first-order valence-corrected chi connectivity index (χ1v) is 7.36. The van der Waals surface area contributed by atoms with Gasteiger partial charge in [-0.1, -0.05) is 11.3 Å². The van der Waals surface area contributed by atoms with Crippen LogP contribution in [0.5, 0.6) is 0 Å². The van der Waals surface area contributed by atoms with Crippen LogP contribution in [0.15, 0.2) is 41.0 Å². The quantitative estimate of drug-likeness (QED) is 0.434. The lowest BCUT2D eigenvalue weighted by molar-refractivity contribution is -0.387. The van der Waals surface area contributed by atoms with Crippen molar-refractivity contribution in [2.45, 2.75) is 6.54 Å². The van der Waals surface area contributed by atoms with E-state index in [-0.39, 0.29) is 12.5 Å². The van der Waals surface area contributed by atoms with E-state index in [1.165, 1.54) is 17.0 Å². The van der Waals surface area contributed by atoms with Gasteiger partial charge in [-0.2, -0.15) is 9.37 Å². The normalized spacial score (nSPS) is 11.1. The zero-order valence-electron chi connectivity index (χ0n) is 13.0. The lowest BCUT2D eigenvalue weighted by Gasteiger charge is -2.04. The molecule has 10 nitrogen and oxygen atoms in total. The number of benzene rings is 1. The molecule has 130 valence electrons. The van der Waals surface area contributed by atoms with Gasteiger partial charge in [0.1, 0.15) is 5.69 Å². The van der Waals surface area contributed by atoms with Gasteiger partial charge in [0.05, 0.1) is 17.7 Å². The average Bonchev–Trinajstić information content (AvgIpc) is 3.26. The zero-order valence-corrected chi connectivity index (χ0v) is 13.0. The van der Waals surface area contributed by atoms with E-state index < -0.39 is 16.4 Å². The van der Waals surface area contributed by atoms with Gasteiger partial charge in [0.2, 0.25) is 11.8 Å². The van der Waals surface area contributed by atoms with Crippen LogP contribution in [0, 0.1) is 15.9 Å². The number of nitrogen functional groups attached to an aromatic ring is 1. The largest absolute Gasteiger partial charge is 0.463 e. The highest BCUT2D eigenvalue weighted by Crippen LogP contribution is 2.26. The summed E-state index contributed by atoms with van der Waals surface area (Å²) < 4.78 is 20.2. The van der Waals surface area contributed by atoms with E-state index in [1.54, 1.807) is 12.1 Å². The topological polar surface area (TPSA) is 139 Å². The minimum Gasteiger partial charge on any atom is -0.463 e. The van der Waals surface area contributed by atoms with Crippen LogP contribution in [-0.4, -0.2) is 29.9 Å². The Kier molecular flexibility index (Phi) is 3.53. The first-order chi connectivity index (χ1) is 12.5. The maximum atomic E-state index is 13.5. The Morgan fingerprint density at radius 3 is 2.88 bits per heavy atom. The number of aromatic nitrogens is 5. The number of nitrogens with zero attached hydrogens (tertiary/aromatic N) is 6. The number of hydrogen-bond acceptors (Lipinski definition) is 8. The van der Waals surface area contributed by atoms with Gasteiger partial charge < -0.3 is 10.2 Å². The highest BCUT2D eigenvalue weighted by atomic mass is 19.1. The number of nitro benzene ring substituents is 1. The minimum atomic E-state index is -0.908. The third-order valence-corrected chi connectivity index (χ3v) is 3.67. The highest BCUT2D eigenvalue weighted by molar-refractivity contribution is 5.85. The Labute approximate surface area is 144 Å². The van der Waals surface area contributed by atoms with Gasteiger partial charge in [-0.3, -0.25) is 10.1 Å². The molecule has 11 heteroatoms. The molecule has 0 saturated carbocycles. The number of halogens is 1. The molecule has 0 aliphatic heterocycles. The summed E-state index contributed by atoms with van der Waals surface area (Å²) >= 11 is 0. The predicted octanol–water partition coefficient (Wildman–Crippen LogP) is 2.16. The fourth-order valence-corrected chi connectivity index (χ4v) is 2.53. The van der Waals surface area contributed by atoms with Crippen molar-refractivity contribution in [3.05, 3.63) is 58.1 Å². The summed E-state index contributed by atoms with van der Waals surface area (Å²) in [4.78, 5) is 18.4. The summed E-state index contributed by atoms with van der Waals surface area (Å²) in [6, 6.07) is 6.99. The summed E-state index contributed by atoms with van der Waals surface area (Å²) in [5, 5.41) is 18.9. The van der Waals surface area contributed by atoms with Crippen molar-refractivity contribution < 1.29 is 13.7 Å². The van der Waals surface area contributed by atoms with E-state index in [9.17, 15) is 14.5 Å². The van der Waals surface area contributed by atoms with Crippen molar-refractivity contribution in [3.8, 4) is 11.5 Å². The van der Waals surface area contributed by atoms with Crippen LogP contribution in [0.2, 0.25) is 0 Å². The van der Waals surface area contributed by atoms with Crippen molar-refractivity contribution >= 4 is 22.8 Å². The second kappa shape index (κ2) is 5.88. The van der Waals surface area contributed by atoms with Gasteiger partial charge in [0.25, 0.3) is 0 Å². The first-order valence-electron chi connectivity index (χ1n) is 7.36. The van der Waals surface area contributed by atoms with Crippen molar-refractivity contribution in [2.75, 3.05) is 5.73 Å². The Morgan fingerprint density at radius 2 is 2.15 bits per heavy atom. The maximum Gasteiger partial charge on any atom is 0.305 e. The summed E-state index contributed by atoms with van der Waals surface area (Å²) in [5.41, 5.74) is 6.69. The molecule has 4 rings (SSSR count). The number of rotatable bonds is 4. The van der Waals surface area contributed by atoms with E-state index in [1.807, 2.05) is 0 Å². The lowest BCUT2D eigenvalue weighted by atomic mass is 10.2. The van der Waals surface area contributed by atoms with Crippen LogP contribution in [0.1, 0.15) is 5.56 Å². The molecule has 0 aliphatic carbocycles. The molecular weight excluding hydrogens is 345 g/mol. The zero-order chi connectivity index (χ0) is 18.3. The van der Waals surface area contributed by atoms with Crippen LogP contribution in [-0.2, 0) is 6.54 Å². The molecule has 0 aliphatic rings. The van der Waals surface area contributed by atoms with Crippen molar-refractivity contribution in [1.29, 1.82) is 0 Å². The van der Waals surface area contributed by atoms with Crippen LogP contribution >= 0.6 is 0 Å². The van der Waals surface area contributed by atoms with Crippen LogP contribution in [0.3, 0.4) is 0 Å². The molecule has 3 aromatic heterocycles. The molecule has 0 bridgehead atoms. The van der Waals surface area contributed by atoms with Gasteiger partial charge in [-0.05, 0) is 23.8 Å². The molecule has 0 fully saturated rings. The number of hydrogen-bond donors (Lipinski definition) is 1. The summed E-state index contributed by atoms with van der Waals surface area (Å²) in [6.07, 6.45) is 1.49. The van der Waals surface area contributed by atoms with Crippen LogP contribution < -0.4 is 5.73 Å². The molecule has 4 aromatic rings. The Hall–Kier alpha value is -3.89. The number of furan rings is 1. The second-order valence-corrected chi connectivity index (χ2v) is 5.37. The number of fused-ring (bicyclic) bond motifs is 1. The number of nitrogens with two attached hydrogens (primary N) is 1. The standard InChI is InChI=1S/C15H10FN7O3/c16-9-4-3-8(6-10(9)23(24)25)7-22-14-13(20-21-22)12(18-15(17)19-14)11-2-1-5-26-11/h1-6H,7H2,(H2,17,18,19). The maximum absolute atomic E-state index is 13.5. The third kappa shape index (κ3) is 2.60. The Balaban J connectivity index is 1.79. The average molecular weight is 355 g/mol. The lowest BCUT2D eigenvalue weighted by Crippen LogP contribution is -2.06. The van der Waals surface area contributed by atoms with Crippen molar-refractivity contribution in [3.63, 3.8) is 0 Å². The van der Waals surface area contributed by atoms with E-state index >= 15 is 0 Å². The molecule has 0 atom stereocenters. The summed E-state index contributed by atoms with van der Waals surface area (Å²) in [6.45, 7) is 0.0890. The monoisotopic (exact) mass is 355 g/mol. The van der Waals surface area contributed by atoms with E-state index in [2.05, 4.69) is 20.3 Å². The third-order valence-electron chi connectivity index (χ3n) is 3.67. The minimum absolute atomic E-state index is 0.00228. The SMILES string of the molecule is Nc1nc(-c2ccco2)c2nnn(Cc3ccc(F)c([N+](=O)[O-])c3)c2n1. The van der Waals surface area contributed by atoms with E-state index in [0.29, 0.717) is 28.2 Å². The molecule has 0 amide bonds. The molecule has 2 N–H and O–H groups in total. The van der Waals surface area contributed by atoms with Gasteiger partial charge in [-0.25, -0.2) is 9.67 Å². The molecule has 26 heavy (non-hydrogen) atoms. The van der Waals surface area contributed by atoms with E-state index in [4.69, 9.17) is 10.2 Å². The molecule has 0 unspecified atom stereocenters. The molecule has 0 radical (unpaired) electrons. The van der Waals surface area contributed by atoms with Gasteiger partial charge in [0.15, 0.2) is 16.9 Å². The number of nitro groups is 1. The molecule has 0 saturated heterocycles. The van der Waals surface area contributed by atoms with Gasteiger partial charge >= 0.3 is 5.69 Å². The fourth-order valence-electron chi connectivity index (χ4n) is 2.53. The number of anilines is 1. The molecule has 1 aromatic carbocycles. The fraction of sp³-hybridized carbons (Fsp3) is 0.0667.